The number of amides is 1. The first-order chi connectivity index (χ1) is 19.5. The van der Waals surface area contributed by atoms with Crippen molar-refractivity contribution in [3.05, 3.63) is 99.5 Å². The van der Waals surface area contributed by atoms with Crippen LogP contribution in [0.1, 0.15) is 87.5 Å². The summed E-state index contributed by atoms with van der Waals surface area (Å²) in [5, 5.41) is 3.20. The largest absolute Gasteiger partial charge is 0.460 e. The number of anilines is 1. The van der Waals surface area contributed by atoms with Crippen molar-refractivity contribution in [2.45, 2.75) is 90.7 Å². The van der Waals surface area contributed by atoms with Gasteiger partial charge in [-0.1, -0.05) is 49.2 Å². The Kier molecular flexibility index (Phi) is 8.21. The first-order valence-electron chi connectivity index (χ1n) is 14.9. The smallest absolute Gasteiger partial charge is 0.312 e. The summed E-state index contributed by atoms with van der Waals surface area (Å²) in [5.41, 5.74) is 3.79. The van der Waals surface area contributed by atoms with Crippen LogP contribution in [0.5, 0.6) is 0 Å². The molecular formula is C35H42N2O4. The number of esters is 1. The van der Waals surface area contributed by atoms with Gasteiger partial charge < -0.3 is 14.6 Å². The second kappa shape index (κ2) is 11.7. The Morgan fingerprint density at radius 1 is 1.00 bits per heavy atom. The SMILES string of the molecule is Cc1ccn(Cc2ccc(C(C(=O)Nc3cccc(CC4(C(=O)OC(C)(C)C)CC4)c3)C3CCCC3)cc2)c(=O)c1. The fourth-order valence-electron chi connectivity index (χ4n) is 6.05. The molecule has 2 aliphatic carbocycles. The molecule has 2 fully saturated rings. The Bertz CT molecular complexity index is 1450. The minimum Gasteiger partial charge on any atom is -0.460 e. The van der Waals surface area contributed by atoms with Crippen LogP contribution in [-0.4, -0.2) is 22.0 Å². The summed E-state index contributed by atoms with van der Waals surface area (Å²) in [7, 11) is 0. The fourth-order valence-corrected chi connectivity index (χ4v) is 6.05. The number of rotatable bonds is 9. The van der Waals surface area contributed by atoms with E-state index in [0.29, 0.717) is 18.9 Å². The van der Waals surface area contributed by atoms with E-state index in [1.165, 1.54) is 0 Å². The average Bonchev–Trinajstić information content (AvgIpc) is 3.49. The van der Waals surface area contributed by atoms with Gasteiger partial charge in [0.2, 0.25) is 5.91 Å². The summed E-state index contributed by atoms with van der Waals surface area (Å²) in [5.74, 6) is -0.0687. The topological polar surface area (TPSA) is 77.4 Å². The highest BCUT2D eigenvalue weighted by Crippen LogP contribution is 2.50. The standard InChI is InChI=1S/C35H42N2O4/c1-24-16-19-37(30(38)20-24)23-25-12-14-28(15-13-25)31(27-9-5-6-10-27)32(39)36-29-11-7-8-26(21-29)22-35(17-18-35)33(40)41-34(2,3)4/h7-8,11-16,19-21,27,31H,5-6,9-10,17-18,22-23H2,1-4H3,(H,36,39). The number of ether oxygens (including phenoxy) is 1. The number of carbonyl (C=O) groups is 2. The third-order valence-corrected chi connectivity index (χ3v) is 8.42. The van der Waals surface area contributed by atoms with E-state index in [9.17, 15) is 14.4 Å². The Balaban J connectivity index is 1.30. The molecule has 1 unspecified atom stereocenters. The Morgan fingerprint density at radius 2 is 1.71 bits per heavy atom. The van der Waals surface area contributed by atoms with Crippen molar-refractivity contribution >= 4 is 17.6 Å². The number of nitrogens with one attached hydrogen (secondary N) is 1. The van der Waals surface area contributed by atoms with Gasteiger partial charge in [-0.05, 0) is 106 Å². The molecule has 6 nitrogen and oxygen atoms in total. The fraction of sp³-hybridized carbons (Fsp3) is 0.457. The molecule has 1 heterocycles. The number of nitrogens with zero attached hydrogens (tertiary/aromatic N) is 1. The van der Waals surface area contributed by atoms with Gasteiger partial charge in [0, 0.05) is 18.0 Å². The third kappa shape index (κ3) is 7.16. The molecule has 1 amide bonds. The highest BCUT2D eigenvalue weighted by atomic mass is 16.6. The predicted octanol–water partition coefficient (Wildman–Crippen LogP) is 6.78. The van der Waals surface area contributed by atoms with Gasteiger partial charge >= 0.3 is 5.97 Å². The van der Waals surface area contributed by atoms with Crippen molar-refractivity contribution in [2.24, 2.45) is 11.3 Å². The molecule has 1 atom stereocenters. The predicted molar refractivity (Wildman–Crippen MR) is 162 cm³/mol. The molecule has 0 radical (unpaired) electrons. The van der Waals surface area contributed by atoms with Crippen LogP contribution in [0.2, 0.25) is 0 Å². The summed E-state index contributed by atoms with van der Waals surface area (Å²) in [6.07, 6.45) is 8.47. The minimum atomic E-state index is -0.506. The Labute approximate surface area is 243 Å². The molecule has 0 saturated heterocycles. The number of aryl methyl sites for hydroxylation is 1. The first kappa shape index (κ1) is 28.8. The summed E-state index contributed by atoms with van der Waals surface area (Å²) in [6, 6.07) is 19.6. The van der Waals surface area contributed by atoms with Gasteiger partial charge in [-0.2, -0.15) is 0 Å². The van der Waals surface area contributed by atoms with Crippen LogP contribution in [0.15, 0.2) is 71.7 Å². The van der Waals surface area contributed by atoms with Crippen LogP contribution in [0, 0.1) is 18.3 Å². The zero-order chi connectivity index (χ0) is 29.2. The maximum absolute atomic E-state index is 13.8. The first-order valence-corrected chi connectivity index (χ1v) is 14.9. The zero-order valence-corrected chi connectivity index (χ0v) is 24.7. The van der Waals surface area contributed by atoms with E-state index in [1.54, 1.807) is 10.6 Å². The highest BCUT2D eigenvalue weighted by molar-refractivity contribution is 5.96. The molecule has 6 heteroatoms. The lowest BCUT2D eigenvalue weighted by Gasteiger charge is -2.24. The molecule has 41 heavy (non-hydrogen) atoms. The van der Waals surface area contributed by atoms with E-state index in [0.717, 1.165) is 66.5 Å². The quantitative estimate of drug-likeness (QED) is 0.296. The molecule has 0 spiro atoms. The molecule has 3 aromatic rings. The van der Waals surface area contributed by atoms with Gasteiger partial charge in [-0.15, -0.1) is 0 Å². The summed E-state index contributed by atoms with van der Waals surface area (Å²) >= 11 is 0. The minimum absolute atomic E-state index is 0.00447. The summed E-state index contributed by atoms with van der Waals surface area (Å²) in [6.45, 7) is 8.11. The molecule has 2 saturated carbocycles. The maximum atomic E-state index is 13.8. The monoisotopic (exact) mass is 554 g/mol. The van der Waals surface area contributed by atoms with Crippen LogP contribution >= 0.6 is 0 Å². The molecule has 1 aromatic heterocycles. The molecule has 2 aromatic carbocycles. The summed E-state index contributed by atoms with van der Waals surface area (Å²) in [4.78, 5) is 39.0. The van der Waals surface area contributed by atoms with E-state index >= 15 is 0 Å². The van der Waals surface area contributed by atoms with E-state index < -0.39 is 11.0 Å². The van der Waals surface area contributed by atoms with E-state index in [-0.39, 0.29) is 23.4 Å². The molecule has 0 aliphatic heterocycles. The Hall–Kier alpha value is -3.67. The second-order valence-electron chi connectivity index (χ2n) is 13.1. The molecule has 2 aliphatic rings. The van der Waals surface area contributed by atoms with Gasteiger partial charge in [0.25, 0.3) is 5.56 Å². The van der Waals surface area contributed by atoms with Crippen molar-refractivity contribution in [1.82, 2.24) is 4.57 Å². The zero-order valence-electron chi connectivity index (χ0n) is 24.7. The van der Waals surface area contributed by atoms with Gasteiger partial charge in [-0.25, -0.2) is 0 Å². The third-order valence-electron chi connectivity index (χ3n) is 8.42. The number of hydrogen-bond donors (Lipinski definition) is 1. The van der Waals surface area contributed by atoms with Crippen molar-refractivity contribution in [2.75, 3.05) is 5.32 Å². The van der Waals surface area contributed by atoms with Gasteiger partial charge in [0.15, 0.2) is 0 Å². The number of pyridine rings is 1. The average molecular weight is 555 g/mol. The summed E-state index contributed by atoms with van der Waals surface area (Å²) < 4.78 is 7.40. The number of aromatic nitrogens is 1. The Morgan fingerprint density at radius 3 is 2.34 bits per heavy atom. The molecular weight excluding hydrogens is 512 g/mol. The van der Waals surface area contributed by atoms with Crippen molar-refractivity contribution < 1.29 is 14.3 Å². The molecule has 0 bridgehead atoms. The van der Waals surface area contributed by atoms with Crippen LogP contribution < -0.4 is 10.9 Å². The van der Waals surface area contributed by atoms with Gasteiger partial charge in [0.05, 0.1) is 17.9 Å². The molecule has 1 N–H and O–H groups in total. The lowest BCUT2D eigenvalue weighted by molar-refractivity contribution is -0.161. The number of carbonyl (C=O) groups excluding carboxylic acids is 2. The molecule has 5 rings (SSSR count). The van der Waals surface area contributed by atoms with E-state index in [2.05, 4.69) is 5.32 Å². The van der Waals surface area contributed by atoms with Gasteiger partial charge in [-0.3, -0.25) is 14.4 Å². The van der Waals surface area contributed by atoms with E-state index in [1.807, 2.05) is 88.5 Å². The molecule has 216 valence electrons. The number of benzene rings is 2. The van der Waals surface area contributed by atoms with Crippen molar-refractivity contribution in [3.63, 3.8) is 0 Å². The van der Waals surface area contributed by atoms with Crippen LogP contribution in [-0.2, 0) is 27.3 Å². The normalized spacial score (nSPS) is 17.2. The van der Waals surface area contributed by atoms with E-state index in [4.69, 9.17) is 4.74 Å². The van der Waals surface area contributed by atoms with Crippen molar-refractivity contribution in [1.29, 1.82) is 0 Å². The second-order valence-corrected chi connectivity index (χ2v) is 13.1. The maximum Gasteiger partial charge on any atom is 0.312 e. The lowest BCUT2D eigenvalue weighted by Crippen LogP contribution is -2.30. The lowest BCUT2D eigenvalue weighted by atomic mass is 9.83. The van der Waals surface area contributed by atoms with Crippen LogP contribution in [0.4, 0.5) is 5.69 Å². The van der Waals surface area contributed by atoms with Crippen molar-refractivity contribution in [3.8, 4) is 0 Å². The number of hydrogen-bond acceptors (Lipinski definition) is 4. The highest BCUT2D eigenvalue weighted by Gasteiger charge is 2.52. The van der Waals surface area contributed by atoms with Gasteiger partial charge in [0.1, 0.15) is 5.60 Å². The van der Waals surface area contributed by atoms with Crippen LogP contribution in [0.3, 0.4) is 0 Å². The van der Waals surface area contributed by atoms with Crippen LogP contribution in [0.25, 0.3) is 0 Å².